The van der Waals surface area contributed by atoms with Crippen LogP contribution < -0.4 is 0 Å². The molecule has 1 heterocycles. The number of benzene rings is 1. The Balaban J connectivity index is 2.95. The van der Waals surface area contributed by atoms with Crippen LogP contribution in [-0.4, -0.2) is 4.98 Å². The van der Waals surface area contributed by atoms with Gasteiger partial charge in [0.1, 0.15) is 0 Å². The zero-order valence-electron chi connectivity index (χ0n) is 5.19. The third kappa shape index (κ3) is 0.711. The van der Waals surface area contributed by atoms with E-state index in [1.54, 1.807) is 6.20 Å². The van der Waals surface area contributed by atoms with Crippen LogP contribution in [0.2, 0.25) is 5.02 Å². The Bertz CT molecular complexity index is 351. The van der Waals surface area contributed by atoms with Crippen LogP contribution in [0, 0.1) is 6.07 Å². The summed E-state index contributed by atoms with van der Waals surface area (Å²) in [5, 5.41) is 1.71. The molecule has 0 aliphatic carbocycles. The molecule has 0 amide bonds. The van der Waals surface area contributed by atoms with Gasteiger partial charge in [0, 0.05) is 23.2 Å². The Hall–Kier alpha value is -0.950. The van der Waals surface area contributed by atoms with Crippen molar-refractivity contribution in [1.29, 1.82) is 0 Å². The Morgan fingerprint density at radius 2 is 2.30 bits per heavy atom. The second kappa shape index (κ2) is 2.03. The van der Waals surface area contributed by atoms with Crippen LogP contribution in [0.1, 0.15) is 0 Å². The molecule has 0 unspecified atom stereocenters. The van der Waals surface area contributed by atoms with Crippen LogP contribution >= 0.6 is 11.6 Å². The van der Waals surface area contributed by atoms with Gasteiger partial charge in [0.15, 0.2) is 0 Å². The van der Waals surface area contributed by atoms with Crippen molar-refractivity contribution in [3.8, 4) is 0 Å². The van der Waals surface area contributed by atoms with Crippen molar-refractivity contribution in [2.24, 2.45) is 0 Å². The van der Waals surface area contributed by atoms with Gasteiger partial charge >= 0.3 is 0 Å². The molecule has 1 aromatic carbocycles. The van der Waals surface area contributed by atoms with Gasteiger partial charge in [-0.1, -0.05) is 17.7 Å². The first-order valence-electron chi connectivity index (χ1n) is 3.01. The second-order valence-corrected chi connectivity index (χ2v) is 2.50. The molecule has 49 valence electrons. The van der Waals surface area contributed by atoms with Crippen LogP contribution in [0.25, 0.3) is 10.9 Å². The van der Waals surface area contributed by atoms with Gasteiger partial charge in [-0.2, -0.15) is 0 Å². The molecule has 2 aromatic rings. The Labute approximate surface area is 63.6 Å². The van der Waals surface area contributed by atoms with E-state index in [9.17, 15) is 0 Å². The molecule has 1 aromatic heterocycles. The SMILES string of the molecule is Clc1cccc2[nH]c[c]c12. The first-order chi connectivity index (χ1) is 4.88. The van der Waals surface area contributed by atoms with Crippen molar-refractivity contribution < 1.29 is 0 Å². The van der Waals surface area contributed by atoms with E-state index >= 15 is 0 Å². The molecule has 2 heteroatoms. The molecular weight excluding hydrogens is 146 g/mol. The Morgan fingerprint density at radius 3 is 3.10 bits per heavy atom. The predicted octanol–water partition coefficient (Wildman–Crippen LogP) is 2.62. The van der Waals surface area contributed by atoms with E-state index in [1.807, 2.05) is 18.2 Å². The van der Waals surface area contributed by atoms with E-state index in [0.717, 1.165) is 15.9 Å². The zero-order chi connectivity index (χ0) is 6.97. The summed E-state index contributed by atoms with van der Waals surface area (Å²) in [6, 6.07) is 8.74. The van der Waals surface area contributed by atoms with Crippen LogP contribution in [-0.2, 0) is 0 Å². The summed E-state index contributed by atoms with van der Waals surface area (Å²) in [6.07, 6.45) is 1.76. The predicted molar refractivity (Wildman–Crippen MR) is 42.1 cm³/mol. The minimum atomic E-state index is 0.749. The maximum absolute atomic E-state index is 5.85. The van der Waals surface area contributed by atoms with Gasteiger partial charge in [-0.15, -0.1) is 0 Å². The third-order valence-electron chi connectivity index (χ3n) is 1.46. The van der Waals surface area contributed by atoms with Gasteiger partial charge in [0.2, 0.25) is 0 Å². The molecule has 0 aliphatic heterocycles. The van der Waals surface area contributed by atoms with Crippen LogP contribution in [0.15, 0.2) is 24.4 Å². The number of hydrogen-bond donors (Lipinski definition) is 1. The minimum absolute atomic E-state index is 0.749. The summed E-state index contributed by atoms with van der Waals surface area (Å²) in [7, 11) is 0. The lowest BCUT2D eigenvalue weighted by atomic mass is 10.2. The molecule has 0 spiro atoms. The number of nitrogens with one attached hydrogen (secondary N) is 1. The highest BCUT2D eigenvalue weighted by atomic mass is 35.5. The summed E-state index contributed by atoms with van der Waals surface area (Å²) in [5.74, 6) is 0. The highest BCUT2D eigenvalue weighted by molar-refractivity contribution is 6.35. The summed E-state index contributed by atoms with van der Waals surface area (Å²) in [5.41, 5.74) is 1.03. The summed E-state index contributed by atoms with van der Waals surface area (Å²) in [6.45, 7) is 0. The molecule has 0 saturated heterocycles. The normalized spacial score (nSPS) is 10.5. The number of halogens is 1. The quantitative estimate of drug-likeness (QED) is 0.594. The summed E-state index contributed by atoms with van der Waals surface area (Å²) in [4.78, 5) is 3.02. The first-order valence-corrected chi connectivity index (χ1v) is 3.39. The fourth-order valence-corrected chi connectivity index (χ4v) is 1.21. The molecule has 0 atom stereocenters. The highest BCUT2D eigenvalue weighted by Crippen LogP contribution is 2.20. The van der Waals surface area contributed by atoms with Gasteiger partial charge in [-0.05, 0) is 12.1 Å². The lowest BCUT2D eigenvalue weighted by Crippen LogP contribution is -1.66. The summed E-state index contributed by atoms with van der Waals surface area (Å²) < 4.78 is 0. The average Bonchev–Trinajstić information content (AvgIpc) is 2.36. The van der Waals surface area contributed by atoms with Gasteiger partial charge in [-0.3, -0.25) is 0 Å². The third-order valence-corrected chi connectivity index (χ3v) is 1.77. The van der Waals surface area contributed by atoms with E-state index in [1.165, 1.54) is 0 Å². The van der Waals surface area contributed by atoms with E-state index in [2.05, 4.69) is 11.1 Å². The number of aromatic amines is 1. The van der Waals surface area contributed by atoms with E-state index in [4.69, 9.17) is 11.6 Å². The van der Waals surface area contributed by atoms with E-state index < -0.39 is 0 Å². The molecule has 0 fully saturated rings. The monoisotopic (exact) mass is 150 g/mol. The second-order valence-electron chi connectivity index (χ2n) is 2.10. The van der Waals surface area contributed by atoms with Crippen molar-refractivity contribution >= 4 is 22.5 Å². The number of aromatic nitrogens is 1. The first kappa shape index (κ1) is 5.81. The molecule has 0 saturated carbocycles. The smallest absolute Gasteiger partial charge is 0.0506 e. The van der Waals surface area contributed by atoms with Crippen molar-refractivity contribution in [2.75, 3.05) is 0 Å². The molecular formula is C8H5ClN. The van der Waals surface area contributed by atoms with Crippen molar-refractivity contribution in [3.05, 3.63) is 35.5 Å². The molecule has 1 radical (unpaired) electrons. The average molecular weight is 151 g/mol. The molecule has 1 nitrogen and oxygen atoms in total. The number of H-pyrrole nitrogens is 1. The number of rotatable bonds is 0. The standard InChI is InChI=1S/C8H5ClN/c9-7-2-1-3-8-6(7)4-5-10-8/h1-3,5,10H. The number of hydrogen-bond acceptors (Lipinski definition) is 0. The molecule has 0 aliphatic rings. The van der Waals surface area contributed by atoms with Crippen LogP contribution in [0.5, 0.6) is 0 Å². The minimum Gasteiger partial charge on any atom is -0.360 e. The Morgan fingerprint density at radius 1 is 1.40 bits per heavy atom. The van der Waals surface area contributed by atoms with Crippen molar-refractivity contribution in [1.82, 2.24) is 4.98 Å². The zero-order valence-corrected chi connectivity index (χ0v) is 5.94. The van der Waals surface area contributed by atoms with Gasteiger partial charge < -0.3 is 4.98 Å². The lowest BCUT2D eigenvalue weighted by Gasteiger charge is -1.89. The molecule has 10 heavy (non-hydrogen) atoms. The van der Waals surface area contributed by atoms with Crippen LogP contribution in [0.4, 0.5) is 0 Å². The molecule has 0 bridgehead atoms. The molecule has 1 N–H and O–H groups in total. The maximum Gasteiger partial charge on any atom is 0.0506 e. The maximum atomic E-state index is 5.85. The van der Waals surface area contributed by atoms with Gasteiger partial charge in [0.25, 0.3) is 0 Å². The van der Waals surface area contributed by atoms with E-state index in [-0.39, 0.29) is 0 Å². The Kier molecular flexibility index (Phi) is 1.18. The fourth-order valence-electron chi connectivity index (χ4n) is 0.977. The van der Waals surface area contributed by atoms with Gasteiger partial charge in [0.05, 0.1) is 5.02 Å². The highest BCUT2D eigenvalue weighted by Gasteiger charge is 1.96. The topological polar surface area (TPSA) is 15.8 Å². The van der Waals surface area contributed by atoms with Gasteiger partial charge in [-0.25, -0.2) is 0 Å². The van der Waals surface area contributed by atoms with Crippen molar-refractivity contribution in [3.63, 3.8) is 0 Å². The van der Waals surface area contributed by atoms with Crippen molar-refractivity contribution in [2.45, 2.75) is 0 Å². The largest absolute Gasteiger partial charge is 0.360 e. The lowest BCUT2D eigenvalue weighted by molar-refractivity contribution is 1.47. The summed E-state index contributed by atoms with van der Waals surface area (Å²) >= 11 is 5.85. The van der Waals surface area contributed by atoms with E-state index in [0.29, 0.717) is 0 Å². The molecule has 2 rings (SSSR count). The fraction of sp³-hybridized carbons (Fsp3) is 0. The number of fused-ring (bicyclic) bond motifs is 1. The van der Waals surface area contributed by atoms with Crippen LogP contribution in [0.3, 0.4) is 0 Å².